The van der Waals surface area contributed by atoms with Crippen molar-refractivity contribution < 1.29 is 18.0 Å². The molecule has 8 heteroatoms. The molecule has 0 aliphatic carbocycles. The predicted molar refractivity (Wildman–Crippen MR) is 52.2 cm³/mol. The van der Waals surface area contributed by atoms with Gasteiger partial charge in [-0.1, -0.05) is 0 Å². The minimum absolute atomic E-state index is 0.0102. The molecular formula is C8H8F3N3OS. The summed E-state index contributed by atoms with van der Waals surface area (Å²) in [5.74, 6) is -1.98. The topological polar surface area (TPSA) is 54.0 Å². The first-order valence-corrected chi connectivity index (χ1v) is 5.36. The van der Waals surface area contributed by atoms with Crippen molar-refractivity contribution in [1.29, 1.82) is 0 Å². The van der Waals surface area contributed by atoms with E-state index in [1.165, 1.54) is 0 Å². The second kappa shape index (κ2) is 4.02. The third-order valence-electron chi connectivity index (χ3n) is 2.08. The zero-order valence-electron chi connectivity index (χ0n) is 8.02. The predicted octanol–water partition coefficient (Wildman–Crippen LogP) is 1.29. The third kappa shape index (κ3) is 2.33. The number of nitrogens with zero attached hydrogens (tertiary/aromatic N) is 1. The Balaban J connectivity index is 2.11. The summed E-state index contributed by atoms with van der Waals surface area (Å²) in [6.45, 7) is 1.32. The van der Waals surface area contributed by atoms with Gasteiger partial charge in [0.1, 0.15) is 0 Å². The van der Waals surface area contributed by atoms with E-state index in [2.05, 4.69) is 10.3 Å². The van der Waals surface area contributed by atoms with Crippen molar-refractivity contribution in [3.8, 4) is 0 Å². The van der Waals surface area contributed by atoms with E-state index in [1.54, 1.807) is 5.32 Å². The lowest BCUT2D eigenvalue weighted by Gasteiger charge is -2.09. The quantitative estimate of drug-likeness (QED) is 0.790. The Labute approximate surface area is 92.9 Å². The van der Waals surface area contributed by atoms with E-state index < -0.39 is 12.1 Å². The van der Waals surface area contributed by atoms with Crippen molar-refractivity contribution in [1.82, 2.24) is 10.3 Å². The monoisotopic (exact) mass is 251 g/mol. The van der Waals surface area contributed by atoms with Crippen LogP contribution in [0.4, 0.5) is 18.3 Å². The molecule has 2 heterocycles. The molecule has 0 saturated heterocycles. The van der Waals surface area contributed by atoms with Crippen molar-refractivity contribution in [2.24, 2.45) is 0 Å². The maximum Gasteiger partial charge on any atom is 0.471 e. The Morgan fingerprint density at radius 3 is 2.88 bits per heavy atom. The van der Waals surface area contributed by atoms with Gasteiger partial charge >= 0.3 is 12.1 Å². The maximum absolute atomic E-state index is 12.0. The fourth-order valence-electron chi connectivity index (χ4n) is 1.35. The molecule has 1 aliphatic rings. The van der Waals surface area contributed by atoms with Gasteiger partial charge in [0.2, 0.25) is 0 Å². The number of anilines is 1. The Morgan fingerprint density at radius 1 is 1.50 bits per heavy atom. The fourth-order valence-corrected chi connectivity index (χ4v) is 2.32. The summed E-state index contributed by atoms with van der Waals surface area (Å²) in [6.07, 6.45) is -4.14. The summed E-state index contributed by atoms with van der Waals surface area (Å²) in [5.41, 5.74) is 0.716. The zero-order chi connectivity index (χ0) is 11.8. The number of rotatable bonds is 1. The van der Waals surface area contributed by atoms with E-state index in [0.717, 1.165) is 29.2 Å². The molecule has 0 bridgehead atoms. The number of thiazole rings is 1. The SMILES string of the molecule is O=C(Nc1nc2c(s1)CCNC2)C(F)(F)F. The number of carbonyl (C=O) groups excluding carboxylic acids is 1. The van der Waals surface area contributed by atoms with Crippen LogP contribution in [0.15, 0.2) is 0 Å². The molecule has 16 heavy (non-hydrogen) atoms. The van der Waals surface area contributed by atoms with Crippen LogP contribution in [0.25, 0.3) is 0 Å². The molecule has 0 unspecified atom stereocenters. The number of carbonyl (C=O) groups is 1. The molecule has 1 aliphatic heterocycles. The van der Waals surface area contributed by atoms with Gasteiger partial charge in [-0.25, -0.2) is 4.98 Å². The Morgan fingerprint density at radius 2 is 2.25 bits per heavy atom. The first-order valence-electron chi connectivity index (χ1n) is 4.54. The lowest BCUT2D eigenvalue weighted by atomic mass is 10.2. The van der Waals surface area contributed by atoms with Crippen LogP contribution in [-0.2, 0) is 17.8 Å². The molecule has 0 spiro atoms. The molecule has 0 aromatic carbocycles. The summed E-state index contributed by atoms with van der Waals surface area (Å²) in [4.78, 5) is 15.5. The van der Waals surface area contributed by atoms with Crippen LogP contribution in [0.5, 0.6) is 0 Å². The molecule has 0 saturated carbocycles. The number of amides is 1. The number of hydrogen-bond donors (Lipinski definition) is 2. The van der Waals surface area contributed by atoms with Gasteiger partial charge < -0.3 is 5.32 Å². The lowest BCUT2D eigenvalue weighted by Crippen LogP contribution is -2.29. The molecule has 0 fully saturated rings. The fraction of sp³-hybridized carbons (Fsp3) is 0.500. The highest BCUT2D eigenvalue weighted by Crippen LogP contribution is 2.27. The van der Waals surface area contributed by atoms with Gasteiger partial charge in [0.25, 0.3) is 0 Å². The van der Waals surface area contributed by atoms with E-state index in [1.807, 2.05) is 0 Å². The Kier molecular flexibility index (Phi) is 2.85. The van der Waals surface area contributed by atoms with Gasteiger partial charge in [0.05, 0.1) is 5.69 Å². The van der Waals surface area contributed by atoms with Crippen LogP contribution in [0.1, 0.15) is 10.6 Å². The summed E-state index contributed by atoms with van der Waals surface area (Å²) in [6, 6.07) is 0. The standard InChI is InChI=1S/C8H8F3N3OS/c9-8(10,11)6(15)14-7-13-4-3-12-2-1-5(4)16-7/h12H,1-3H2,(H,13,14,15). The van der Waals surface area contributed by atoms with Gasteiger partial charge in [-0.15, -0.1) is 11.3 Å². The van der Waals surface area contributed by atoms with Crippen LogP contribution >= 0.6 is 11.3 Å². The summed E-state index contributed by atoms with van der Waals surface area (Å²) in [5, 5.41) is 4.81. The van der Waals surface area contributed by atoms with Gasteiger partial charge in [-0.2, -0.15) is 13.2 Å². The highest BCUT2D eigenvalue weighted by Gasteiger charge is 2.39. The Hall–Kier alpha value is -1.15. The minimum atomic E-state index is -4.87. The first kappa shape index (κ1) is 11.3. The molecule has 88 valence electrons. The van der Waals surface area contributed by atoms with Crippen molar-refractivity contribution in [2.75, 3.05) is 11.9 Å². The molecule has 1 aromatic rings. The molecule has 0 radical (unpaired) electrons. The molecular weight excluding hydrogens is 243 g/mol. The van der Waals surface area contributed by atoms with Crippen molar-refractivity contribution in [3.63, 3.8) is 0 Å². The Bertz CT molecular complexity index is 392. The van der Waals surface area contributed by atoms with E-state index in [0.29, 0.717) is 12.2 Å². The number of nitrogens with one attached hydrogen (secondary N) is 2. The summed E-state index contributed by atoms with van der Waals surface area (Å²) < 4.78 is 35.9. The van der Waals surface area contributed by atoms with Crippen LogP contribution in [0.2, 0.25) is 0 Å². The lowest BCUT2D eigenvalue weighted by molar-refractivity contribution is -0.167. The summed E-state index contributed by atoms with van der Waals surface area (Å²) in [7, 11) is 0. The van der Waals surface area contributed by atoms with Crippen LogP contribution in [0.3, 0.4) is 0 Å². The van der Waals surface area contributed by atoms with Gasteiger partial charge in [0.15, 0.2) is 5.13 Å². The molecule has 2 N–H and O–H groups in total. The van der Waals surface area contributed by atoms with Gasteiger partial charge in [0, 0.05) is 18.0 Å². The van der Waals surface area contributed by atoms with Crippen molar-refractivity contribution in [3.05, 3.63) is 10.6 Å². The summed E-state index contributed by atoms with van der Waals surface area (Å²) >= 11 is 1.10. The normalized spacial score (nSPS) is 15.7. The van der Waals surface area contributed by atoms with Crippen LogP contribution < -0.4 is 10.6 Å². The molecule has 1 amide bonds. The number of aromatic nitrogens is 1. The van der Waals surface area contributed by atoms with Gasteiger partial charge in [-0.3, -0.25) is 10.1 Å². The van der Waals surface area contributed by atoms with E-state index in [-0.39, 0.29) is 5.13 Å². The van der Waals surface area contributed by atoms with Gasteiger partial charge in [-0.05, 0) is 6.42 Å². The third-order valence-corrected chi connectivity index (χ3v) is 3.15. The second-order valence-corrected chi connectivity index (χ2v) is 4.35. The smallest absolute Gasteiger partial charge is 0.311 e. The van der Waals surface area contributed by atoms with E-state index >= 15 is 0 Å². The van der Waals surface area contributed by atoms with Crippen molar-refractivity contribution >= 4 is 22.4 Å². The average molecular weight is 251 g/mol. The second-order valence-electron chi connectivity index (χ2n) is 3.27. The zero-order valence-corrected chi connectivity index (χ0v) is 8.84. The van der Waals surface area contributed by atoms with Crippen molar-refractivity contribution in [2.45, 2.75) is 19.1 Å². The maximum atomic E-state index is 12.0. The largest absolute Gasteiger partial charge is 0.471 e. The highest BCUT2D eigenvalue weighted by molar-refractivity contribution is 7.15. The first-order chi connectivity index (χ1) is 7.47. The minimum Gasteiger partial charge on any atom is -0.311 e. The molecule has 2 rings (SSSR count). The highest BCUT2D eigenvalue weighted by atomic mass is 32.1. The molecule has 4 nitrogen and oxygen atoms in total. The van der Waals surface area contributed by atoms with E-state index in [4.69, 9.17) is 0 Å². The number of halogens is 3. The molecule has 1 aromatic heterocycles. The molecule has 0 atom stereocenters. The van der Waals surface area contributed by atoms with Crippen LogP contribution in [0, 0.1) is 0 Å². The van der Waals surface area contributed by atoms with E-state index in [9.17, 15) is 18.0 Å². The van der Waals surface area contributed by atoms with Crippen LogP contribution in [-0.4, -0.2) is 23.6 Å². The average Bonchev–Trinajstić information content (AvgIpc) is 2.58. The number of hydrogen-bond acceptors (Lipinski definition) is 4. The number of alkyl halides is 3. The number of fused-ring (bicyclic) bond motifs is 1.